The molecule has 0 unspecified atom stereocenters. The lowest BCUT2D eigenvalue weighted by molar-refractivity contribution is 0.0590. The summed E-state index contributed by atoms with van der Waals surface area (Å²) < 4.78 is 29.6. The molecule has 2 N–H and O–H groups in total. The van der Waals surface area contributed by atoms with Gasteiger partial charge in [-0.25, -0.2) is 18.5 Å². The van der Waals surface area contributed by atoms with Crippen molar-refractivity contribution in [1.29, 1.82) is 0 Å². The molecule has 1 fully saturated rings. The minimum absolute atomic E-state index is 0.0328. The van der Waals surface area contributed by atoms with E-state index in [1.165, 1.54) is 23.5 Å². The van der Waals surface area contributed by atoms with E-state index in [4.69, 9.17) is 14.9 Å². The van der Waals surface area contributed by atoms with Crippen LogP contribution in [0.4, 0.5) is 0 Å². The minimum Gasteiger partial charge on any atom is -0.491 e. The Morgan fingerprint density at radius 3 is 2.43 bits per heavy atom. The van der Waals surface area contributed by atoms with Crippen LogP contribution in [-0.2, 0) is 16.4 Å². The summed E-state index contributed by atoms with van der Waals surface area (Å²) >= 11 is 1.46. The van der Waals surface area contributed by atoms with Crippen molar-refractivity contribution in [3.05, 3.63) is 58.2 Å². The molecule has 0 bridgehead atoms. The second-order valence-corrected chi connectivity index (χ2v) is 12.1. The molecule has 0 atom stereocenters. The molecule has 2 aromatic heterocycles. The van der Waals surface area contributed by atoms with E-state index in [2.05, 4.69) is 23.7 Å². The number of carbonyl (C=O) groups is 1. The molecule has 3 aromatic rings. The molecular weight excluding hydrogens is 510 g/mol. The molecular formula is C26H33N5O4S2. The lowest BCUT2D eigenvalue weighted by Gasteiger charge is -2.36. The molecule has 1 aliphatic heterocycles. The summed E-state index contributed by atoms with van der Waals surface area (Å²) in [6.07, 6.45) is 1.99. The molecule has 3 heterocycles. The number of ether oxygens (including phenoxy) is 1. The lowest BCUT2D eigenvalue weighted by Crippen LogP contribution is -2.50. The van der Waals surface area contributed by atoms with Gasteiger partial charge in [0.05, 0.1) is 21.7 Å². The molecule has 1 aliphatic rings. The maximum absolute atomic E-state index is 12.9. The third kappa shape index (κ3) is 6.72. The Labute approximate surface area is 222 Å². The van der Waals surface area contributed by atoms with Crippen molar-refractivity contribution >= 4 is 27.3 Å². The van der Waals surface area contributed by atoms with Crippen LogP contribution in [0.2, 0.25) is 0 Å². The quantitative estimate of drug-likeness (QED) is 0.463. The monoisotopic (exact) mass is 543 g/mol. The number of nitrogens with two attached hydrogens (primary N) is 1. The van der Waals surface area contributed by atoms with Crippen LogP contribution in [0.3, 0.4) is 0 Å². The van der Waals surface area contributed by atoms with E-state index in [9.17, 15) is 13.2 Å². The summed E-state index contributed by atoms with van der Waals surface area (Å²) in [5.74, 6) is 0.541. The molecule has 37 heavy (non-hydrogen) atoms. The van der Waals surface area contributed by atoms with E-state index in [1.807, 2.05) is 30.2 Å². The number of aromatic nitrogens is 2. The average Bonchev–Trinajstić information content (AvgIpc) is 3.32. The number of hydrogen-bond acceptors (Lipinski definition) is 8. The number of piperazine rings is 1. The molecule has 0 radical (unpaired) electrons. The number of primary sulfonamides is 1. The van der Waals surface area contributed by atoms with Crippen molar-refractivity contribution < 1.29 is 17.9 Å². The summed E-state index contributed by atoms with van der Waals surface area (Å²) in [6, 6.07) is 8.70. The predicted octanol–water partition coefficient (Wildman–Crippen LogP) is 3.40. The van der Waals surface area contributed by atoms with Gasteiger partial charge in [-0.1, -0.05) is 0 Å². The predicted molar refractivity (Wildman–Crippen MR) is 144 cm³/mol. The summed E-state index contributed by atoms with van der Waals surface area (Å²) in [7, 11) is -3.84. The Hall–Kier alpha value is -2.86. The molecule has 0 aliphatic carbocycles. The number of hydrogen-bond donors (Lipinski definition) is 1. The Balaban J connectivity index is 1.47. The maximum Gasteiger partial charge on any atom is 0.272 e. The number of pyridine rings is 1. The number of thiazole rings is 1. The molecule has 11 heteroatoms. The third-order valence-electron chi connectivity index (χ3n) is 6.23. The second kappa shape index (κ2) is 11.3. The van der Waals surface area contributed by atoms with E-state index in [0.29, 0.717) is 42.6 Å². The van der Waals surface area contributed by atoms with Crippen LogP contribution in [-0.4, -0.2) is 72.4 Å². The van der Waals surface area contributed by atoms with Crippen LogP contribution in [0.15, 0.2) is 46.8 Å². The van der Waals surface area contributed by atoms with E-state index in [1.54, 1.807) is 18.3 Å². The standard InChI is InChI=1S/C26H33N5O4S2/c1-17(2)30-9-11-31(12-10-30)26(32)22-7-5-19(15-28-22)23-16-36-25(29-23)14-20-13-21(37(27,33)34)6-8-24(20)35-18(3)4/h5-8,13,15-18H,9-12,14H2,1-4H3,(H2,27,33,34). The van der Waals surface area contributed by atoms with Gasteiger partial charge in [0.15, 0.2) is 0 Å². The fourth-order valence-corrected chi connectivity index (χ4v) is 5.59. The molecule has 0 spiro atoms. The number of amides is 1. The van der Waals surface area contributed by atoms with Crippen molar-refractivity contribution in [3.63, 3.8) is 0 Å². The molecule has 0 saturated carbocycles. The topological polar surface area (TPSA) is 119 Å². The first kappa shape index (κ1) is 27.2. The van der Waals surface area contributed by atoms with E-state index in [0.717, 1.165) is 29.4 Å². The molecule has 9 nitrogen and oxygen atoms in total. The summed E-state index contributed by atoms with van der Waals surface area (Å²) in [4.78, 5) is 26.3. The zero-order valence-corrected chi connectivity index (χ0v) is 23.2. The first-order chi connectivity index (χ1) is 17.5. The van der Waals surface area contributed by atoms with Gasteiger partial charge in [-0.15, -0.1) is 11.3 Å². The molecule has 198 valence electrons. The third-order valence-corrected chi connectivity index (χ3v) is 7.99. The van der Waals surface area contributed by atoms with Crippen molar-refractivity contribution in [2.45, 2.75) is 51.2 Å². The Morgan fingerprint density at radius 1 is 1.11 bits per heavy atom. The normalized spacial score (nSPS) is 14.9. The molecule has 4 rings (SSSR count). The number of nitrogens with zero attached hydrogens (tertiary/aromatic N) is 4. The number of carbonyl (C=O) groups excluding carboxylic acids is 1. The Kier molecular flexibility index (Phi) is 8.27. The van der Waals surface area contributed by atoms with Gasteiger partial charge < -0.3 is 9.64 Å². The number of sulfonamides is 1. The molecule has 1 saturated heterocycles. The first-order valence-corrected chi connectivity index (χ1v) is 14.7. The van der Waals surface area contributed by atoms with Gasteiger partial charge in [-0.05, 0) is 58.0 Å². The minimum atomic E-state index is -3.84. The second-order valence-electron chi connectivity index (χ2n) is 9.64. The number of benzene rings is 1. The summed E-state index contributed by atoms with van der Waals surface area (Å²) in [6.45, 7) is 11.3. The van der Waals surface area contributed by atoms with Crippen molar-refractivity contribution in [3.8, 4) is 17.0 Å². The number of rotatable bonds is 8. The van der Waals surface area contributed by atoms with E-state index >= 15 is 0 Å². The highest BCUT2D eigenvalue weighted by atomic mass is 32.2. The Bertz CT molecular complexity index is 1350. The van der Waals surface area contributed by atoms with Crippen LogP contribution < -0.4 is 9.88 Å². The van der Waals surface area contributed by atoms with Gasteiger partial charge in [0.25, 0.3) is 5.91 Å². The zero-order valence-electron chi connectivity index (χ0n) is 21.5. The molecule has 1 aromatic carbocycles. The van der Waals surface area contributed by atoms with Crippen molar-refractivity contribution in [2.24, 2.45) is 5.14 Å². The van der Waals surface area contributed by atoms with Gasteiger partial charge >= 0.3 is 0 Å². The van der Waals surface area contributed by atoms with E-state index in [-0.39, 0.29) is 16.9 Å². The Morgan fingerprint density at radius 2 is 1.84 bits per heavy atom. The zero-order chi connectivity index (χ0) is 26.7. The van der Waals surface area contributed by atoms with Crippen LogP contribution >= 0.6 is 11.3 Å². The van der Waals surface area contributed by atoms with Crippen LogP contribution in [0.1, 0.15) is 48.8 Å². The van der Waals surface area contributed by atoms with Crippen LogP contribution in [0.5, 0.6) is 5.75 Å². The van der Waals surface area contributed by atoms with Gasteiger partial charge in [-0.3, -0.25) is 14.7 Å². The SMILES string of the molecule is CC(C)Oc1ccc(S(N)(=O)=O)cc1Cc1nc(-c2ccc(C(=O)N3CCN(C(C)C)CC3)nc2)cs1. The first-order valence-electron chi connectivity index (χ1n) is 12.3. The van der Waals surface area contributed by atoms with Gasteiger partial charge in [0.1, 0.15) is 11.4 Å². The maximum atomic E-state index is 12.9. The molecule has 1 amide bonds. The fourth-order valence-electron chi connectivity index (χ4n) is 4.20. The summed E-state index contributed by atoms with van der Waals surface area (Å²) in [5.41, 5.74) is 2.66. The van der Waals surface area contributed by atoms with Gasteiger partial charge in [0.2, 0.25) is 10.0 Å². The summed E-state index contributed by atoms with van der Waals surface area (Å²) in [5, 5.41) is 8.04. The smallest absolute Gasteiger partial charge is 0.272 e. The van der Waals surface area contributed by atoms with Crippen molar-refractivity contribution in [1.82, 2.24) is 19.8 Å². The van der Waals surface area contributed by atoms with Crippen LogP contribution in [0.25, 0.3) is 11.3 Å². The van der Waals surface area contributed by atoms with Crippen LogP contribution in [0, 0.1) is 0 Å². The largest absolute Gasteiger partial charge is 0.491 e. The fraction of sp³-hybridized carbons (Fsp3) is 0.423. The van der Waals surface area contributed by atoms with Crippen molar-refractivity contribution in [2.75, 3.05) is 26.2 Å². The highest BCUT2D eigenvalue weighted by Crippen LogP contribution is 2.29. The average molecular weight is 544 g/mol. The van der Waals surface area contributed by atoms with Gasteiger partial charge in [0, 0.05) is 61.3 Å². The highest BCUT2D eigenvalue weighted by Gasteiger charge is 2.24. The lowest BCUT2D eigenvalue weighted by atomic mass is 10.1. The van der Waals surface area contributed by atoms with Gasteiger partial charge in [-0.2, -0.15) is 0 Å². The van der Waals surface area contributed by atoms with E-state index < -0.39 is 10.0 Å². The highest BCUT2D eigenvalue weighted by molar-refractivity contribution is 7.89.